The van der Waals surface area contributed by atoms with Gasteiger partial charge in [-0.3, -0.25) is 0 Å². The number of aryl methyl sites for hydroxylation is 1. The van der Waals surface area contributed by atoms with E-state index in [2.05, 4.69) is 5.16 Å². The number of hydrogen-bond acceptors (Lipinski definition) is 4. The molecule has 0 bridgehead atoms. The fourth-order valence-electron chi connectivity index (χ4n) is 2.15. The molecule has 0 radical (unpaired) electrons. The van der Waals surface area contributed by atoms with Crippen LogP contribution >= 0.6 is 46.4 Å². The van der Waals surface area contributed by atoms with Crippen molar-refractivity contribution in [3.8, 4) is 11.5 Å². The predicted molar refractivity (Wildman–Crippen MR) is 115 cm³/mol. The summed E-state index contributed by atoms with van der Waals surface area (Å²) < 4.78 is 13.2. The van der Waals surface area contributed by atoms with E-state index in [0.717, 1.165) is 18.5 Å². The average molecular weight is 466 g/mol. The number of ether oxygens (including phenoxy) is 2. The van der Waals surface area contributed by atoms with Crippen molar-refractivity contribution in [2.24, 2.45) is 12.2 Å². The Kier molecular flexibility index (Phi) is 9.85. The van der Waals surface area contributed by atoms with E-state index in [-0.39, 0.29) is 11.1 Å². The van der Waals surface area contributed by atoms with Gasteiger partial charge in [0, 0.05) is 25.4 Å². The molecule has 28 heavy (non-hydrogen) atoms. The largest absolute Gasteiger partial charge is 0.490 e. The topological polar surface area (TPSA) is 45.0 Å². The molecule has 0 unspecified atom stereocenters. The Morgan fingerprint density at radius 1 is 1.11 bits per heavy atom. The van der Waals surface area contributed by atoms with Crippen molar-refractivity contribution in [2.45, 2.75) is 12.8 Å². The zero-order chi connectivity index (χ0) is 20.4. The molecule has 0 aliphatic carbocycles. The molecule has 0 N–H and O–H groups in total. The summed E-state index contributed by atoms with van der Waals surface area (Å²) in [5.74, 6) is 0.918. The van der Waals surface area contributed by atoms with Crippen LogP contribution in [0.25, 0.3) is 0 Å². The smallest absolute Gasteiger partial charge is 0.156 e. The predicted octanol–water partition coefficient (Wildman–Crippen LogP) is 6.24. The Hall–Kier alpha value is -1.53. The van der Waals surface area contributed by atoms with Gasteiger partial charge in [-0.15, -0.1) is 0 Å². The molecule has 0 spiro atoms. The minimum absolute atomic E-state index is 0.131. The summed E-state index contributed by atoms with van der Waals surface area (Å²) in [5.41, 5.74) is 0.974. The van der Waals surface area contributed by atoms with Crippen LogP contribution in [0.3, 0.4) is 0 Å². The summed E-state index contributed by atoms with van der Waals surface area (Å²) in [6.07, 6.45) is 6.69. The van der Waals surface area contributed by atoms with E-state index in [1.54, 1.807) is 18.3 Å². The number of halogens is 4. The van der Waals surface area contributed by atoms with E-state index in [9.17, 15) is 0 Å². The van der Waals surface area contributed by atoms with Crippen LogP contribution in [0.1, 0.15) is 18.5 Å². The lowest BCUT2D eigenvalue weighted by Gasteiger charge is -2.12. The van der Waals surface area contributed by atoms with E-state index in [4.69, 9.17) is 60.7 Å². The van der Waals surface area contributed by atoms with Gasteiger partial charge in [0.1, 0.15) is 23.5 Å². The van der Waals surface area contributed by atoms with Gasteiger partial charge >= 0.3 is 0 Å². The minimum Gasteiger partial charge on any atom is -0.490 e. The SMILES string of the molecule is Cn1cccc1/C=N/OCCCCOc1c(Cl)cc(OCC=C(Cl)Cl)cc1Cl. The highest BCUT2D eigenvalue weighted by atomic mass is 35.5. The van der Waals surface area contributed by atoms with Crippen molar-refractivity contribution in [2.75, 3.05) is 19.8 Å². The highest BCUT2D eigenvalue weighted by Crippen LogP contribution is 2.37. The van der Waals surface area contributed by atoms with E-state index in [1.807, 2.05) is 29.9 Å². The third-order valence-corrected chi connectivity index (χ3v) is 4.45. The molecule has 0 saturated carbocycles. The van der Waals surface area contributed by atoms with Gasteiger partial charge in [-0.05, 0) is 31.1 Å². The second-order valence-electron chi connectivity index (χ2n) is 5.69. The number of nitrogens with zero attached hydrogens (tertiary/aromatic N) is 2. The van der Waals surface area contributed by atoms with Gasteiger partial charge in [0.2, 0.25) is 0 Å². The molecule has 0 amide bonds. The van der Waals surface area contributed by atoms with Gasteiger partial charge in [-0.2, -0.15) is 0 Å². The zero-order valence-corrected chi connectivity index (χ0v) is 18.2. The summed E-state index contributed by atoms with van der Waals surface area (Å²) in [4.78, 5) is 5.24. The summed E-state index contributed by atoms with van der Waals surface area (Å²) in [7, 11) is 1.94. The lowest BCUT2D eigenvalue weighted by molar-refractivity contribution is 0.137. The fourth-order valence-corrected chi connectivity index (χ4v) is 2.86. The van der Waals surface area contributed by atoms with Gasteiger partial charge in [0.25, 0.3) is 0 Å². The zero-order valence-electron chi connectivity index (χ0n) is 15.2. The second-order valence-corrected chi connectivity index (χ2v) is 7.51. The van der Waals surface area contributed by atoms with Crippen LogP contribution in [-0.4, -0.2) is 30.6 Å². The summed E-state index contributed by atoms with van der Waals surface area (Å²) >= 11 is 23.5. The molecule has 152 valence electrons. The molecular formula is C19H20Cl4N2O3. The van der Waals surface area contributed by atoms with Crippen molar-refractivity contribution in [3.63, 3.8) is 0 Å². The van der Waals surface area contributed by atoms with Crippen molar-refractivity contribution in [1.82, 2.24) is 4.57 Å². The van der Waals surface area contributed by atoms with Crippen molar-refractivity contribution >= 4 is 52.6 Å². The standard InChI is InChI=1S/C19H20Cl4N2O3/c1-25-7-4-5-14(25)13-24-28-9-3-2-8-27-19-16(20)11-15(12-17(19)21)26-10-6-18(22)23/h4-7,11-13H,2-3,8-10H2,1H3/b24-13+. The summed E-state index contributed by atoms with van der Waals surface area (Å²) in [6.45, 7) is 1.16. The molecule has 0 saturated heterocycles. The summed E-state index contributed by atoms with van der Waals surface area (Å²) in [6, 6.07) is 7.15. The van der Waals surface area contributed by atoms with Gasteiger partial charge in [-0.1, -0.05) is 51.6 Å². The highest BCUT2D eigenvalue weighted by Gasteiger charge is 2.10. The van der Waals surface area contributed by atoms with Crippen LogP contribution in [-0.2, 0) is 11.9 Å². The van der Waals surface area contributed by atoms with Gasteiger partial charge in [-0.25, -0.2) is 0 Å². The minimum atomic E-state index is 0.131. The number of benzene rings is 1. The molecule has 9 heteroatoms. The monoisotopic (exact) mass is 464 g/mol. The molecule has 1 heterocycles. The summed E-state index contributed by atoms with van der Waals surface area (Å²) in [5, 5.41) is 4.68. The second kappa shape index (κ2) is 12.1. The first-order chi connectivity index (χ1) is 13.5. The third-order valence-electron chi connectivity index (χ3n) is 3.58. The average Bonchev–Trinajstić information content (AvgIpc) is 3.04. The van der Waals surface area contributed by atoms with Crippen molar-refractivity contribution in [3.05, 3.63) is 56.8 Å². The van der Waals surface area contributed by atoms with Gasteiger partial charge in [0.05, 0.1) is 28.6 Å². The van der Waals surface area contributed by atoms with Crippen molar-refractivity contribution in [1.29, 1.82) is 0 Å². The molecule has 0 aliphatic rings. The fraction of sp³-hybridized carbons (Fsp3) is 0.316. The maximum atomic E-state index is 6.22. The Balaban J connectivity index is 1.69. The normalized spacial score (nSPS) is 10.9. The van der Waals surface area contributed by atoms with E-state index >= 15 is 0 Å². The lowest BCUT2D eigenvalue weighted by atomic mass is 10.3. The van der Waals surface area contributed by atoms with E-state index < -0.39 is 0 Å². The first-order valence-electron chi connectivity index (χ1n) is 8.50. The highest BCUT2D eigenvalue weighted by molar-refractivity contribution is 6.55. The number of unbranched alkanes of at least 4 members (excludes halogenated alkanes) is 1. The third kappa shape index (κ3) is 7.84. The Morgan fingerprint density at radius 2 is 1.82 bits per heavy atom. The molecule has 1 aromatic carbocycles. The molecule has 0 atom stereocenters. The number of oxime groups is 1. The number of rotatable bonds is 11. The first-order valence-corrected chi connectivity index (χ1v) is 10.0. The number of hydrogen-bond donors (Lipinski definition) is 0. The molecule has 2 aromatic rings. The molecule has 5 nitrogen and oxygen atoms in total. The Bertz CT molecular complexity index is 794. The van der Waals surface area contributed by atoms with Crippen LogP contribution < -0.4 is 9.47 Å². The molecular weight excluding hydrogens is 446 g/mol. The Morgan fingerprint density at radius 3 is 2.46 bits per heavy atom. The van der Waals surface area contributed by atoms with Crippen LogP contribution in [0.15, 0.2) is 46.2 Å². The van der Waals surface area contributed by atoms with E-state index in [0.29, 0.717) is 34.8 Å². The molecule has 0 aliphatic heterocycles. The van der Waals surface area contributed by atoms with Crippen LogP contribution in [0.4, 0.5) is 0 Å². The molecule has 0 fully saturated rings. The van der Waals surface area contributed by atoms with Gasteiger partial charge < -0.3 is 18.9 Å². The van der Waals surface area contributed by atoms with Gasteiger partial charge in [0.15, 0.2) is 5.75 Å². The molecule has 2 rings (SSSR count). The van der Waals surface area contributed by atoms with Crippen molar-refractivity contribution < 1.29 is 14.3 Å². The van der Waals surface area contributed by atoms with Crippen LogP contribution in [0.5, 0.6) is 11.5 Å². The quantitative estimate of drug-likeness (QED) is 0.224. The number of aromatic nitrogens is 1. The maximum absolute atomic E-state index is 6.22. The van der Waals surface area contributed by atoms with Crippen LogP contribution in [0.2, 0.25) is 10.0 Å². The molecule has 1 aromatic heterocycles. The van der Waals surface area contributed by atoms with E-state index in [1.165, 1.54) is 6.08 Å². The van der Waals surface area contributed by atoms with Crippen LogP contribution in [0, 0.1) is 0 Å². The first kappa shape index (κ1) is 22.8. The maximum Gasteiger partial charge on any atom is 0.156 e. The lowest BCUT2D eigenvalue weighted by Crippen LogP contribution is -2.01. The Labute approximate surface area is 184 Å².